The Hall–Kier alpha value is -2.62. The van der Waals surface area contributed by atoms with E-state index in [2.05, 4.69) is 21.3 Å². The summed E-state index contributed by atoms with van der Waals surface area (Å²) in [4.78, 5) is 6.57. The summed E-state index contributed by atoms with van der Waals surface area (Å²) in [5.74, 6) is 1.56. The number of aromatic nitrogens is 1. The van der Waals surface area contributed by atoms with E-state index in [1.807, 2.05) is 24.3 Å². The highest BCUT2D eigenvalue weighted by Crippen LogP contribution is 2.15. The molecule has 1 saturated heterocycles. The molecule has 2 heterocycles. The van der Waals surface area contributed by atoms with Crippen LogP contribution in [0.1, 0.15) is 11.1 Å². The van der Waals surface area contributed by atoms with Gasteiger partial charge in [0, 0.05) is 32.4 Å². The minimum atomic E-state index is 0.595. The molecule has 0 atom stereocenters. The van der Waals surface area contributed by atoms with Crippen LogP contribution < -0.4 is 10.1 Å². The number of hydrogen-bond acceptors (Lipinski definition) is 6. The van der Waals surface area contributed by atoms with Crippen molar-refractivity contribution in [3.63, 3.8) is 0 Å². The lowest BCUT2D eigenvalue weighted by atomic mass is 10.2. The van der Waals surface area contributed by atoms with Crippen LogP contribution in [-0.2, 0) is 11.3 Å². The number of hydrogen-bond donors (Lipinski definition) is 1. The Kier molecular flexibility index (Phi) is 6.21. The van der Waals surface area contributed by atoms with E-state index in [1.165, 1.54) is 0 Å². The second-order valence-electron chi connectivity index (χ2n) is 5.84. The van der Waals surface area contributed by atoms with Crippen molar-refractivity contribution in [1.82, 2.24) is 9.88 Å². The molecule has 1 aliphatic rings. The van der Waals surface area contributed by atoms with Gasteiger partial charge in [-0.05, 0) is 29.8 Å². The normalized spacial score (nSPS) is 14.7. The van der Waals surface area contributed by atoms with Crippen molar-refractivity contribution in [2.24, 2.45) is 0 Å². The monoisotopic (exact) mass is 338 g/mol. The Bertz CT molecular complexity index is 723. The number of benzene rings is 1. The number of nitrogens with one attached hydrogen (secondary N) is 1. The highest BCUT2D eigenvalue weighted by molar-refractivity contribution is 5.43. The summed E-state index contributed by atoms with van der Waals surface area (Å²) in [6.45, 7) is 5.77. The molecule has 0 unspecified atom stereocenters. The van der Waals surface area contributed by atoms with Crippen molar-refractivity contribution < 1.29 is 9.47 Å². The Labute approximate surface area is 148 Å². The summed E-state index contributed by atoms with van der Waals surface area (Å²) < 4.78 is 11.2. The largest absolute Gasteiger partial charge is 0.492 e. The van der Waals surface area contributed by atoms with E-state index in [4.69, 9.17) is 14.7 Å². The summed E-state index contributed by atoms with van der Waals surface area (Å²) in [7, 11) is 0. The zero-order valence-corrected chi connectivity index (χ0v) is 14.1. The van der Waals surface area contributed by atoms with Crippen LogP contribution in [-0.4, -0.2) is 49.3 Å². The van der Waals surface area contributed by atoms with Crippen LogP contribution in [0.25, 0.3) is 0 Å². The fourth-order valence-electron chi connectivity index (χ4n) is 2.65. The van der Waals surface area contributed by atoms with Gasteiger partial charge in [-0.3, -0.25) is 4.90 Å². The van der Waals surface area contributed by atoms with Gasteiger partial charge in [0.05, 0.1) is 24.8 Å². The molecule has 130 valence electrons. The van der Waals surface area contributed by atoms with Crippen LogP contribution in [0.5, 0.6) is 5.75 Å². The van der Waals surface area contributed by atoms with E-state index >= 15 is 0 Å². The molecule has 0 aliphatic carbocycles. The summed E-state index contributed by atoms with van der Waals surface area (Å²) in [6.07, 6.45) is 1.63. The first kappa shape index (κ1) is 17.2. The third-order valence-corrected chi connectivity index (χ3v) is 4.04. The van der Waals surface area contributed by atoms with Gasteiger partial charge in [0.1, 0.15) is 18.2 Å². The van der Waals surface area contributed by atoms with Gasteiger partial charge in [-0.15, -0.1) is 0 Å². The fourth-order valence-corrected chi connectivity index (χ4v) is 2.65. The first-order valence-electron chi connectivity index (χ1n) is 8.45. The van der Waals surface area contributed by atoms with E-state index in [0.29, 0.717) is 24.5 Å². The Morgan fingerprint density at radius 2 is 2.12 bits per heavy atom. The molecule has 1 fully saturated rings. The third-order valence-electron chi connectivity index (χ3n) is 4.04. The van der Waals surface area contributed by atoms with Crippen LogP contribution in [0.4, 0.5) is 5.82 Å². The lowest BCUT2D eigenvalue weighted by Crippen LogP contribution is -2.38. The zero-order chi connectivity index (χ0) is 17.3. The molecule has 25 heavy (non-hydrogen) atoms. The number of nitrogens with zero attached hydrogens (tertiary/aromatic N) is 3. The molecule has 3 rings (SSSR count). The summed E-state index contributed by atoms with van der Waals surface area (Å²) >= 11 is 0. The lowest BCUT2D eigenvalue weighted by molar-refractivity contribution is 0.0322. The van der Waals surface area contributed by atoms with Gasteiger partial charge < -0.3 is 14.8 Å². The average Bonchev–Trinajstić information content (AvgIpc) is 2.68. The Morgan fingerprint density at radius 1 is 1.24 bits per heavy atom. The molecule has 1 aromatic heterocycles. The predicted octanol–water partition coefficient (Wildman–Crippen LogP) is 2.28. The van der Waals surface area contributed by atoms with E-state index < -0.39 is 0 Å². The second kappa shape index (κ2) is 9.02. The molecule has 2 aromatic rings. The van der Waals surface area contributed by atoms with E-state index in [-0.39, 0.29) is 0 Å². The van der Waals surface area contributed by atoms with Gasteiger partial charge in [-0.1, -0.05) is 12.1 Å². The standard InChI is InChI=1S/C19H22N4O2/c20-14-16-4-5-21-19(13-16)22-15-17-2-1-3-18(12-17)25-11-8-23-6-9-24-10-7-23/h1-5,12-13H,6-11,15H2,(H,21,22). The maximum absolute atomic E-state index is 8.93. The lowest BCUT2D eigenvalue weighted by Gasteiger charge is -2.26. The van der Waals surface area contributed by atoms with Crippen molar-refractivity contribution in [1.29, 1.82) is 5.26 Å². The maximum Gasteiger partial charge on any atom is 0.127 e. The molecule has 0 amide bonds. The van der Waals surface area contributed by atoms with Gasteiger partial charge in [-0.2, -0.15) is 5.26 Å². The number of nitriles is 1. The first-order valence-corrected chi connectivity index (χ1v) is 8.45. The average molecular weight is 338 g/mol. The van der Waals surface area contributed by atoms with Crippen LogP contribution in [0.2, 0.25) is 0 Å². The van der Waals surface area contributed by atoms with Gasteiger partial charge in [0.25, 0.3) is 0 Å². The molecule has 1 aliphatic heterocycles. The minimum absolute atomic E-state index is 0.595. The second-order valence-corrected chi connectivity index (χ2v) is 5.84. The van der Waals surface area contributed by atoms with Crippen LogP contribution in [0.3, 0.4) is 0 Å². The number of rotatable bonds is 7. The van der Waals surface area contributed by atoms with Gasteiger partial charge >= 0.3 is 0 Å². The minimum Gasteiger partial charge on any atom is -0.492 e. The quantitative estimate of drug-likeness (QED) is 0.835. The SMILES string of the molecule is N#Cc1ccnc(NCc2cccc(OCCN3CCOCC3)c2)c1. The van der Waals surface area contributed by atoms with Gasteiger partial charge in [-0.25, -0.2) is 4.98 Å². The summed E-state index contributed by atoms with van der Waals surface area (Å²) in [5, 5.41) is 12.2. The molecule has 0 saturated carbocycles. The van der Waals surface area contributed by atoms with E-state index in [9.17, 15) is 0 Å². The van der Waals surface area contributed by atoms with Crippen LogP contribution in [0.15, 0.2) is 42.6 Å². The van der Waals surface area contributed by atoms with Crippen molar-refractivity contribution >= 4 is 5.82 Å². The molecule has 0 radical (unpaired) electrons. The first-order chi connectivity index (χ1) is 12.3. The van der Waals surface area contributed by atoms with E-state index in [1.54, 1.807) is 18.3 Å². The molecular weight excluding hydrogens is 316 g/mol. The summed E-state index contributed by atoms with van der Waals surface area (Å²) in [6, 6.07) is 13.6. The van der Waals surface area contributed by atoms with Crippen molar-refractivity contribution in [2.75, 3.05) is 44.8 Å². The highest BCUT2D eigenvalue weighted by Gasteiger charge is 2.09. The Balaban J connectivity index is 1.48. The summed E-state index contributed by atoms with van der Waals surface area (Å²) in [5.41, 5.74) is 1.70. The maximum atomic E-state index is 8.93. The molecule has 0 bridgehead atoms. The number of pyridine rings is 1. The molecule has 0 spiro atoms. The fraction of sp³-hybridized carbons (Fsp3) is 0.368. The molecule has 1 N–H and O–H groups in total. The molecular formula is C19H22N4O2. The molecule has 6 heteroatoms. The zero-order valence-electron chi connectivity index (χ0n) is 14.1. The highest BCUT2D eigenvalue weighted by atomic mass is 16.5. The van der Waals surface area contributed by atoms with Gasteiger partial charge in [0.2, 0.25) is 0 Å². The van der Waals surface area contributed by atoms with Crippen LogP contribution in [0, 0.1) is 11.3 Å². The van der Waals surface area contributed by atoms with Crippen molar-refractivity contribution in [3.05, 3.63) is 53.7 Å². The van der Waals surface area contributed by atoms with Crippen LogP contribution >= 0.6 is 0 Å². The van der Waals surface area contributed by atoms with E-state index in [0.717, 1.165) is 44.2 Å². The Morgan fingerprint density at radius 3 is 2.96 bits per heavy atom. The smallest absolute Gasteiger partial charge is 0.127 e. The predicted molar refractivity (Wildman–Crippen MR) is 95.5 cm³/mol. The number of anilines is 1. The number of morpholine rings is 1. The van der Waals surface area contributed by atoms with Crippen molar-refractivity contribution in [3.8, 4) is 11.8 Å². The third kappa shape index (κ3) is 5.45. The molecule has 1 aromatic carbocycles. The van der Waals surface area contributed by atoms with Crippen molar-refractivity contribution in [2.45, 2.75) is 6.54 Å². The van der Waals surface area contributed by atoms with Gasteiger partial charge in [0.15, 0.2) is 0 Å². The molecule has 6 nitrogen and oxygen atoms in total. The topological polar surface area (TPSA) is 70.4 Å². The number of ether oxygens (including phenoxy) is 2.